The molecule has 0 amide bonds. The quantitative estimate of drug-likeness (QED) is 0.787. The average Bonchev–Trinajstić information content (AvgIpc) is 2.85. The van der Waals surface area contributed by atoms with E-state index in [4.69, 9.17) is 16.3 Å². The molecule has 0 N–H and O–H groups in total. The van der Waals surface area contributed by atoms with Gasteiger partial charge in [-0.15, -0.1) is 5.10 Å². The SMILES string of the molecule is Clc1nc2ccc(N3C4CCC3COC4)cn2n1. The van der Waals surface area contributed by atoms with Gasteiger partial charge in [0.15, 0.2) is 5.65 Å². The molecule has 2 aromatic rings. The molecule has 0 radical (unpaired) electrons. The molecule has 2 bridgehead atoms. The van der Waals surface area contributed by atoms with E-state index in [-0.39, 0.29) is 5.28 Å². The van der Waals surface area contributed by atoms with Crippen molar-refractivity contribution < 1.29 is 4.74 Å². The van der Waals surface area contributed by atoms with Gasteiger partial charge in [-0.3, -0.25) is 0 Å². The number of anilines is 1. The Bertz CT molecular complexity index is 583. The van der Waals surface area contributed by atoms with Crippen molar-refractivity contribution in [3.8, 4) is 0 Å². The van der Waals surface area contributed by atoms with Crippen molar-refractivity contribution >= 4 is 22.9 Å². The number of rotatable bonds is 1. The van der Waals surface area contributed by atoms with Crippen molar-refractivity contribution in [3.63, 3.8) is 0 Å². The molecule has 2 aliphatic heterocycles. The number of halogens is 1. The molecule has 0 aliphatic carbocycles. The van der Waals surface area contributed by atoms with Crippen LogP contribution >= 0.6 is 11.6 Å². The van der Waals surface area contributed by atoms with Crippen molar-refractivity contribution in [1.82, 2.24) is 14.6 Å². The molecule has 4 heterocycles. The van der Waals surface area contributed by atoms with E-state index < -0.39 is 0 Å². The monoisotopic (exact) mass is 264 g/mol. The van der Waals surface area contributed by atoms with Crippen LogP contribution in [0.3, 0.4) is 0 Å². The molecule has 18 heavy (non-hydrogen) atoms. The van der Waals surface area contributed by atoms with Gasteiger partial charge in [-0.05, 0) is 36.6 Å². The van der Waals surface area contributed by atoms with E-state index >= 15 is 0 Å². The zero-order valence-electron chi connectivity index (χ0n) is 9.79. The summed E-state index contributed by atoms with van der Waals surface area (Å²) in [5, 5.41) is 4.44. The minimum atomic E-state index is 0.289. The van der Waals surface area contributed by atoms with Gasteiger partial charge in [0.05, 0.1) is 37.2 Å². The summed E-state index contributed by atoms with van der Waals surface area (Å²) < 4.78 is 7.34. The predicted molar refractivity (Wildman–Crippen MR) is 68.1 cm³/mol. The van der Waals surface area contributed by atoms with Crippen LogP contribution in [-0.4, -0.2) is 39.9 Å². The lowest BCUT2D eigenvalue weighted by Gasteiger charge is -2.36. The van der Waals surface area contributed by atoms with Crippen molar-refractivity contribution in [2.24, 2.45) is 0 Å². The number of hydrogen-bond donors (Lipinski definition) is 0. The molecule has 2 atom stereocenters. The van der Waals surface area contributed by atoms with Gasteiger partial charge in [0.2, 0.25) is 5.28 Å². The Morgan fingerprint density at radius 2 is 2.00 bits per heavy atom. The molecule has 4 rings (SSSR count). The first-order chi connectivity index (χ1) is 8.81. The summed E-state index contributed by atoms with van der Waals surface area (Å²) in [6.45, 7) is 1.65. The molecule has 2 aromatic heterocycles. The molecular formula is C12H13ClN4O. The minimum absolute atomic E-state index is 0.289. The molecule has 0 spiro atoms. The number of pyridine rings is 1. The summed E-state index contributed by atoms with van der Waals surface area (Å²) in [6, 6.07) is 5.06. The number of ether oxygens (including phenoxy) is 1. The van der Waals surface area contributed by atoms with Gasteiger partial charge in [-0.2, -0.15) is 4.98 Å². The second-order valence-corrected chi connectivity index (χ2v) is 5.24. The standard InChI is InChI=1S/C12H13ClN4O/c13-12-14-11-4-3-8(5-16(11)15-12)17-9-1-2-10(17)7-18-6-9/h3-5,9-10H,1-2,6-7H2. The van der Waals surface area contributed by atoms with Crippen LogP contribution < -0.4 is 4.90 Å². The largest absolute Gasteiger partial charge is 0.377 e. The van der Waals surface area contributed by atoms with Crippen LogP contribution in [-0.2, 0) is 4.74 Å². The van der Waals surface area contributed by atoms with E-state index in [1.807, 2.05) is 12.3 Å². The number of morpholine rings is 1. The Morgan fingerprint density at radius 3 is 2.78 bits per heavy atom. The first-order valence-corrected chi connectivity index (χ1v) is 6.57. The fourth-order valence-corrected chi connectivity index (χ4v) is 3.22. The maximum absolute atomic E-state index is 5.81. The molecular weight excluding hydrogens is 252 g/mol. The smallest absolute Gasteiger partial charge is 0.243 e. The molecule has 2 saturated heterocycles. The summed E-state index contributed by atoms with van der Waals surface area (Å²) in [5.74, 6) is 0. The number of fused-ring (bicyclic) bond motifs is 3. The van der Waals surface area contributed by atoms with Crippen LogP contribution in [0.4, 0.5) is 5.69 Å². The molecule has 2 fully saturated rings. The predicted octanol–water partition coefficient (Wildman–Crippen LogP) is 1.75. The summed E-state index contributed by atoms with van der Waals surface area (Å²) in [5.41, 5.74) is 1.96. The molecule has 0 saturated carbocycles. The maximum Gasteiger partial charge on any atom is 0.243 e. The van der Waals surface area contributed by atoms with Crippen molar-refractivity contribution in [2.45, 2.75) is 24.9 Å². The topological polar surface area (TPSA) is 42.7 Å². The van der Waals surface area contributed by atoms with Gasteiger partial charge in [0.1, 0.15) is 0 Å². The van der Waals surface area contributed by atoms with Gasteiger partial charge >= 0.3 is 0 Å². The summed E-state index contributed by atoms with van der Waals surface area (Å²) >= 11 is 5.81. The third kappa shape index (κ3) is 1.51. The van der Waals surface area contributed by atoms with Crippen LogP contribution in [0.25, 0.3) is 5.65 Å². The van der Waals surface area contributed by atoms with Crippen molar-refractivity contribution in [2.75, 3.05) is 18.1 Å². The lowest BCUT2D eigenvalue weighted by Crippen LogP contribution is -2.46. The zero-order chi connectivity index (χ0) is 12.1. The number of aromatic nitrogens is 3. The highest BCUT2D eigenvalue weighted by atomic mass is 35.5. The van der Waals surface area contributed by atoms with E-state index in [1.165, 1.54) is 18.5 Å². The Morgan fingerprint density at radius 1 is 1.22 bits per heavy atom. The second kappa shape index (κ2) is 3.83. The van der Waals surface area contributed by atoms with E-state index in [0.717, 1.165) is 18.9 Å². The Balaban J connectivity index is 1.77. The highest BCUT2D eigenvalue weighted by Crippen LogP contribution is 2.33. The van der Waals surface area contributed by atoms with Gasteiger partial charge in [0.25, 0.3) is 0 Å². The molecule has 5 nitrogen and oxygen atoms in total. The minimum Gasteiger partial charge on any atom is -0.377 e. The van der Waals surface area contributed by atoms with E-state index in [9.17, 15) is 0 Å². The third-order valence-corrected chi connectivity index (χ3v) is 3.99. The summed E-state index contributed by atoms with van der Waals surface area (Å²) in [4.78, 5) is 6.58. The van der Waals surface area contributed by atoms with Gasteiger partial charge < -0.3 is 9.64 Å². The number of hydrogen-bond acceptors (Lipinski definition) is 4. The fraction of sp³-hybridized carbons (Fsp3) is 0.500. The van der Waals surface area contributed by atoms with Gasteiger partial charge in [-0.25, -0.2) is 4.52 Å². The van der Waals surface area contributed by atoms with Gasteiger partial charge in [-0.1, -0.05) is 0 Å². The van der Waals surface area contributed by atoms with E-state index in [0.29, 0.717) is 12.1 Å². The summed E-state index contributed by atoms with van der Waals surface area (Å²) in [7, 11) is 0. The normalized spacial score (nSPS) is 27.1. The lowest BCUT2D eigenvalue weighted by molar-refractivity contribution is 0.0906. The van der Waals surface area contributed by atoms with Crippen LogP contribution in [0.15, 0.2) is 18.3 Å². The molecule has 2 unspecified atom stereocenters. The van der Waals surface area contributed by atoms with E-state index in [2.05, 4.69) is 21.0 Å². The number of nitrogens with zero attached hydrogens (tertiary/aromatic N) is 4. The maximum atomic E-state index is 5.81. The molecule has 2 aliphatic rings. The van der Waals surface area contributed by atoms with Crippen LogP contribution in [0.1, 0.15) is 12.8 Å². The zero-order valence-corrected chi connectivity index (χ0v) is 10.5. The second-order valence-electron chi connectivity index (χ2n) is 4.90. The Kier molecular flexibility index (Phi) is 2.25. The van der Waals surface area contributed by atoms with Crippen LogP contribution in [0, 0.1) is 0 Å². The van der Waals surface area contributed by atoms with E-state index in [1.54, 1.807) is 4.52 Å². The first kappa shape index (κ1) is 10.6. The fourth-order valence-electron chi connectivity index (χ4n) is 3.05. The average molecular weight is 265 g/mol. The molecule has 6 heteroatoms. The van der Waals surface area contributed by atoms with Crippen LogP contribution in [0.2, 0.25) is 5.28 Å². The third-order valence-electron chi connectivity index (χ3n) is 3.83. The first-order valence-electron chi connectivity index (χ1n) is 6.19. The van der Waals surface area contributed by atoms with Crippen molar-refractivity contribution in [3.05, 3.63) is 23.6 Å². The molecule has 94 valence electrons. The molecule has 0 aromatic carbocycles. The Labute approximate surface area is 109 Å². The lowest BCUT2D eigenvalue weighted by atomic mass is 10.2. The van der Waals surface area contributed by atoms with Crippen molar-refractivity contribution in [1.29, 1.82) is 0 Å². The van der Waals surface area contributed by atoms with Gasteiger partial charge in [0, 0.05) is 0 Å². The van der Waals surface area contributed by atoms with Crippen LogP contribution in [0.5, 0.6) is 0 Å². The summed E-state index contributed by atoms with van der Waals surface area (Å²) in [6.07, 6.45) is 4.42. The Hall–Kier alpha value is -1.33. The highest BCUT2D eigenvalue weighted by molar-refractivity contribution is 6.28. The highest BCUT2D eigenvalue weighted by Gasteiger charge is 2.37.